The average Bonchev–Trinajstić information content (AvgIpc) is 2.77. The normalized spacial score (nSPS) is 13.9. The lowest BCUT2D eigenvalue weighted by atomic mass is 10.0. The van der Waals surface area contributed by atoms with Crippen LogP contribution in [0.15, 0.2) is 42.5 Å². The first-order valence-corrected chi connectivity index (χ1v) is 10.0. The summed E-state index contributed by atoms with van der Waals surface area (Å²) in [5, 5.41) is 10.7. The van der Waals surface area contributed by atoms with Gasteiger partial charge in [-0.2, -0.15) is 5.26 Å². The summed E-state index contributed by atoms with van der Waals surface area (Å²) in [4.78, 5) is 21.7. The van der Waals surface area contributed by atoms with Gasteiger partial charge in [0.25, 0.3) is 5.91 Å². The molecular formula is C24H24N4O2. The molecule has 0 aliphatic carbocycles. The number of hydrogen-bond acceptors (Lipinski definition) is 5. The third-order valence-electron chi connectivity index (χ3n) is 5.59. The van der Waals surface area contributed by atoms with Crippen LogP contribution in [0.3, 0.4) is 0 Å². The number of nitrogens with zero attached hydrogens (tertiary/aromatic N) is 4. The molecular weight excluding hydrogens is 376 g/mol. The van der Waals surface area contributed by atoms with Crippen LogP contribution in [0.4, 0.5) is 5.82 Å². The number of nitriles is 1. The monoisotopic (exact) mass is 400 g/mol. The molecule has 0 N–H and O–H groups in total. The van der Waals surface area contributed by atoms with Crippen LogP contribution in [0.5, 0.6) is 5.75 Å². The van der Waals surface area contributed by atoms with E-state index in [1.54, 1.807) is 19.2 Å². The van der Waals surface area contributed by atoms with E-state index >= 15 is 0 Å². The molecule has 152 valence electrons. The third kappa shape index (κ3) is 3.55. The van der Waals surface area contributed by atoms with Gasteiger partial charge in [-0.15, -0.1) is 0 Å². The number of para-hydroxylation sites is 1. The molecule has 4 rings (SSSR count). The van der Waals surface area contributed by atoms with Gasteiger partial charge in [0.15, 0.2) is 0 Å². The van der Waals surface area contributed by atoms with E-state index < -0.39 is 0 Å². The Balaban J connectivity index is 1.57. The molecule has 0 radical (unpaired) electrons. The van der Waals surface area contributed by atoms with Gasteiger partial charge in [0.1, 0.15) is 17.6 Å². The Morgan fingerprint density at radius 3 is 2.53 bits per heavy atom. The molecule has 2 heterocycles. The molecule has 0 bridgehead atoms. The molecule has 1 aliphatic rings. The number of anilines is 1. The largest absolute Gasteiger partial charge is 0.496 e. The minimum absolute atomic E-state index is 0.0367. The highest BCUT2D eigenvalue weighted by Crippen LogP contribution is 2.28. The number of rotatable bonds is 3. The van der Waals surface area contributed by atoms with Crippen molar-refractivity contribution in [2.45, 2.75) is 13.8 Å². The predicted octanol–water partition coefficient (Wildman–Crippen LogP) is 3.69. The van der Waals surface area contributed by atoms with E-state index in [1.807, 2.05) is 36.9 Å². The van der Waals surface area contributed by atoms with Crippen LogP contribution < -0.4 is 9.64 Å². The van der Waals surface area contributed by atoms with Crippen LogP contribution in [0.2, 0.25) is 0 Å². The maximum atomic E-state index is 13.0. The zero-order valence-corrected chi connectivity index (χ0v) is 17.5. The van der Waals surface area contributed by atoms with Gasteiger partial charge in [-0.25, -0.2) is 4.98 Å². The summed E-state index contributed by atoms with van der Waals surface area (Å²) in [5.74, 6) is 1.24. The number of ether oxygens (including phenoxy) is 1. The van der Waals surface area contributed by atoms with E-state index in [0.717, 1.165) is 22.0 Å². The molecule has 0 atom stereocenters. The minimum Gasteiger partial charge on any atom is -0.496 e. The average molecular weight is 400 g/mol. The fraction of sp³-hybridized carbons (Fsp3) is 0.292. The van der Waals surface area contributed by atoms with E-state index in [0.29, 0.717) is 48.9 Å². The number of fused-ring (bicyclic) bond motifs is 1. The van der Waals surface area contributed by atoms with Crippen molar-refractivity contribution in [1.29, 1.82) is 5.26 Å². The van der Waals surface area contributed by atoms with Crippen LogP contribution in [-0.2, 0) is 0 Å². The Morgan fingerprint density at radius 2 is 1.83 bits per heavy atom. The van der Waals surface area contributed by atoms with Crippen molar-refractivity contribution in [3.8, 4) is 11.8 Å². The van der Waals surface area contributed by atoms with Gasteiger partial charge in [0, 0.05) is 31.6 Å². The number of hydrogen-bond donors (Lipinski definition) is 0. The molecule has 1 fully saturated rings. The van der Waals surface area contributed by atoms with Crippen LogP contribution in [0, 0.1) is 25.2 Å². The summed E-state index contributed by atoms with van der Waals surface area (Å²) in [6, 6.07) is 15.7. The van der Waals surface area contributed by atoms with Crippen LogP contribution in [0.25, 0.3) is 10.9 Å². The van der Waals surface area contributed by atoms with Crippen LogP contribution in [-0.4, -0.2) is 49.1 Å². The smallest absolute Gasteiger partial charge is 0.257 e. The summed E-state index contributed by atoms with van der Waals surface area (Å²) in [5.41, 5.74) is 4.30. The van der Waals surface area contributed by atoms with E-state index in [4.69, 9.17) is 9.72 Å². The summed E-state index contributed by atoms with van der Waals surface area (Å²) in [6.45, 7) is 6.47. The summed E-state index contributed by atoms with van der Waals surface area (Å²) in [7, 11) is 1.57. The standard InChI is InChI=1S/C24H24N4O2/c1-16-12-17(2)20-14-18(15-25)23(26-21(20)13-16)27-8-10-28(11-9-27)24(29)19-6-4-5-7-22(19)30-3/h4-7,12-14H,8-11H2,1-3H3. The Hall–Kier alpha value is -3.59. The number of piperazine rings is 1. The van der Waals surface area contributed by atoms with E-state index in [-0.39, 0.29) is 5.91 Å². The van der Waals surface area contributed by atoms with Crippen molar-refractivity contribution in [3.05, 3.63) is 64.7 Å². The fourth-order valence-electron chi connectivity index (χ4n) is 4.06. The molecule has 2 aromatic carbocycles. The van der Waals surface area contributed by atoms with Crippen molar-refractivity contribution >= 4 is 22.6 Å². The number of carbonyl (C=O) groups excluding carboxylic acids is 1. The van der Waals surface area contributed by atoms with Crippen molar-refractivity contribution in [2.75, 3.05) is 38.2 Å². The lowest BCUT2D eigenvalue weighted by Gasteiger charge is -2.36. The SMILES string of the molecule is COc1ccccc1C(=O)N1CCN(c2nc3cc(C)cc(C)c3cc2C#N)CC1. The number of benzene rings is 2. The number of carbonyl (C=O) groups is 1. The van der Waals surface area contributed by atoms with Gasteiger partial charge >= 0.3 is 0 Å². The van der Waals surface area contributed by atoms with Gasteiger partial charge in [0.05, 0.1) is 23.8 Å². The molecule has 1 amide bonds. The summed E-state index contributed by atoms with van der Waals surface area (Å²) < 4.78 is 5.33. The Morgan fingerprint density at radius 1 is 1.10 bits per heavy atom. The lowest BCUT2D eigenvalue weighted by molar-refractivity contribution is 0.0743. The molecule has 30 heavy (non-hydrogen) atoms. The zero-order chi connectivity index (χ0) is 21.3. The number of pyridine rings is 1. The maximum absolute atomic E-state index is 13.0. The topological polar surface area (TPSA) is 69.5 Å². The summed E-state index contributed by atoms with van der Waals surface area (Å²) in [6.07, 6.45) is 0. The van der Waals surface area contributed by atoms with Crippen molar-refractivity contribution in [3.63, 3.8) is 0 Å². The molecule has 3 aromatic rings. The van der Waals surface area contributed by atoms with Gasteiger partial charge in [-0.1, -0.05) is 18.2 Å². The van der Waals surface area contributed by atoms with Gasteiger partial charge in [-0.05, 0) is 49.2 Å². The predicted molar refractivity (Wildman–Crippen MR) is 117 cm³/mol. The first-order valence-electron chi connectivity index (χ1n) is 10.0. The highest BCUT2D eigenvalue weighted by Gasteiger charge is 2.26. The lowest BCUT2D eigenvalue weighted by Crippen LogP contribution is -2.49. The molecule has 1 aliphatic heterocycles. The van der Waals surface area contributed by atoms with Crippen LogP contribution >= 0.6 is 0 Å². The van der Waals surface area contributed by atoms with Gasteiger partial charge in [-0.3, -0.25) is 4.79 Å². The van der Waals surface area contributed by atoms with Gasteiger partial charge < -0.3 is 14.5 Å². The van der Waals surface area contributed by atoms with Gasteiger partial charge in [0.2, 0.25) is 0 Å². The quantitative estimate of drug-likeness (QED) is 0.671. The van der Waals surface area contributed by atoms with Crippen LogP contribution in [0.1, 0.15) is 27.0 Å². The highest BCUT2D eigenvalue weighted by molar-refractivity contribution is 5.97. The van der Waals surface area contributed by atoms with E-state index in [9.17, 15) is 10.1 Å². The van der Waals surface area contributed by atoms with Crippen molar-refractivity contribution < 1.29 is 9.53 Å². The van der Waals surface area contributed by atoms with E-state index in [2.05, 4.69) is 23.1 Å². The van der Waals surface area contributed by atoms with E-state index in [1.165, 1.54) is 0 Å². The number of amides is 1. The molecule has 0 spiro atoms. The zero-order valence-electron chi connectivity index (χ0n) is 17.5. The maximum Gasteiger partial charge on any atom is 0.257 e. The Labute approximate surface area is 176 Å². The highest BCUT2D eigenvalue weighted by atomic mass is 16.5. The minimum atomic E-state index is -0.0367. The number of aromatic nitrogens is 1. The van der Waals surface area contributed by atoms with Crippen molar-refractivity contribution in [1.82, 2.24) is 9.88 Å². The van der Waals surface area contributed by atoms with Crippen molar-refractivity contribution in [2.24, 2.45) is 0 Å². The Bertz CT molecular complexity index is 1160. The molecule has 1 saturated heterocycles. The molecule has 1 aromatic heterocycles. The first kappa shape index (κ1) is 19.7. The molecule has 0 unspecified atom stereocenters. The number of aryl methyl sites for hydroxylation is 2. The Kier molecular flexibility index (Phi) is 5.28. The molecule has 0 saturated carbocycles. The molecule has 6 heteroatoms. The third-order valence-corrected chi connectivity index (χ3v) is 5.59. The number of methoxy groups -OCH3 is 1. The summed E-state index contributed by atoms with van der Waals surface area (Å²) >= 11 is 0. The second kappa shape index (κ2) is 8.03. The molecule has 6 nitrogen and oxygen atoms in total. The second-order valence-corrected chi connectivity index (χ2v) is 7.60. The second-order valence-electron chi connectivity index (χ2n) is 7.60. The fourth-order valence-corrected chi connectivity index (χ4v) is 4.06. The first-order chi connectivity index (χ1) is 14.5.